The maximum Gasteiger partial charge on any atom is 0.162 e. The van der Waals surface area contributed by atoms with E-state index < -0.39 is 0 Å². The standard InChI is InChI=1S/C56H35N3/c1-2-15-39(16-3-1)56-57-51(35-54(58-56)59-52-24-12-10-22-46(52)47-23-11-13-25-53(47)59)38-28-26-37(27-29-38)42-32-33-48(45-21-9-8-20-44(42)45)55-43-19-7-5-17-40(43)34-50-41-18-6-4-14-36(41)30-31-49(50)55/h1-35H. The number of para-hydroxylation sites is 2. The molecule has 2 heterocycles. The van der Waals surface area contributed by atoms with Crippen molar-refractivity contribution >= 4 is 64.9 Å². The third-order valence-corrected chi connectivity index (χ3v) is 12.0. The van der Waals surface area contributed by atoms with Crippen LogP contribution in [0.1, 0.15) is 0 Å². The van der Waals surface area contributed by atoms with Crippen molar-refractivity contribution < 1.29 is 0 Å². The van der Waals surface area contributed by atoms with Gasteiger partial charge in [-0.05, 0) is 83.5 Å². The second-order valence-corrected chi connectivity index (χ2v) is 15.3. The maximum atomic E-state index is 5.21. The first-order chi connectivity index (χ1) is 29.3. The maximum absolute atomic E-state index is 5.21. The van der Waals surface area contributed by atoms with E-state index in [1.807, 2.05) is 18.2 Å². The molecule has 2 aromatic heterocycles. The lowest BCUT2D eigenvalue weighted by Gasteiger charge is -2.17. The number of benzene rings is 10. The van der Waals surface area contributed by atoms with Crippen molar-refractivity contribution in [3.8, 4) is 50.7 Å². The van der Waals surface area contributed by atoms with Crippen LogP contribution in [-0.2, 0) is 0 Å². The van der Waals surface area contributed by atoms with Crippen molar-refractivity contribution in [3.63, 3.8) is 0 Å². The van der Waals surface area contributed by atoms with E-state index >= 15 is 0 Å². The summed E-state index contributed by atoms with van der Waals surface area (Å²) in [5, 5.41) is 12.5. The average Bonchev–Trinajstić information content (AvgIpc) is 3.65. The molecular weight excluding hydrogens is 715 g/mol. The zero-order chi connectivity index (χ0) is 38.9. The van der Waals surface area contributed by atoms with Crippen molar-refractivity contribution in [3.05, 3.63) is 212 Å². The average molecular weight is 750 g/mol. The first-order valence-electron chi connectivity index (χ1n) is 20.2. The van der Waals surface area contributed by atoms with Crippen molar-refractivity contribution in [2.24, 2.45) is 0 Å². The molecule has 0 radical (unpaired) electrons. The largest absolute Gasteiger partial charge is 0.294 e. The topological polar surface area (TPSA) is 30.7 Å². The Labute approximate surface area is 341 Å². The van der Waals surface area contributed by atoms with Crippen LogP contribution in [0.15, 0.2) is 212 Å². The van der Waals surface area contributed by atoms with E-state index in [2.05, 4.69) is 199 Å². The van der Waals surface area contributed by atoms with Gasteiger partial charge < -0.3 is 0 Å². The summed E-state index contributed by atoms with van der Waals surface area (Å²) in [6.45, 7) is 0. The Morgan fingerprint density at radius 3 is 1.59 bits per heavy atom. The number of nitrogens with zero attached hydrogens (tertiary/aromatic N) is 3. The summed E-state index contributed by atoms with van der Waals surface area (Å²) >= 11 is 0. The summed E-state index contributed by atoms with van der Waals surface area (Å²) in [4.78, 5) is 10.4. The van der Waals surface area contributed by atoms with Gasteiger partial charge in [0.15, 0.2) is 5.82 Å². The molecule has 0 saturated heterocycles. The van der Waals surface area contributed by atoms with Gasteiger partial charge in [0.05, 0.1) is 16.7 Å². The molecule has 0 aliphatic rings. The van der Waals surface area contributed by atoms with E-state index in [1.54, 1.807) is 0 Å². The monoisotopic (exact) mass is 749 g/mol. The van der Waals surface area contributed by atoms with Gasteiger partial charge in [-0.1, -0.05) is 188 Å². The SMILES string of the molecule is c1ccc(-c2nc(-c3ccc(-c4ccc(-c5c6ccccc6cc6c5ccc5ccccc56)c5ccccc45)cc3)cc(-n3c4ccccc4c4ccccc43)n2)cc1. The highest BCUT2D eigenvalue weighted by molar-refractivity contribution is 6.23. The van der Waals surface area contributed by atoms with Gasteiger partial charge in [-0.25, -0.2) is 9.97 Å². The zero-order valence-electron chi connectivity index (χ0n) is 32.0. The molecule has 0 unspecified atom stereocenters. The van der Waals surface area contributed by atoms with Crippen LogP contribution in [0.25, 0.3) is 116 Å². The molecule has 0 aliphatic heterocycles. The molecular formula is C56H35N3. The molecule has 10 aromatic carbocycles. The highest BCUT2D eigenvalue weighted by Crippen LogP contribution is 2.44. The Kier molecular flexibility index (Phi) is 7.54. The van der Waals surface area contributed by atoms with E-state index in [9.17, 15) is 0 Å². The molecule has 0 N–H and O–H groups in total. The van der Waals surface area contributed by atoms with Crippen LogP contribution in [0.3, 0.4) is 0 Å². The minimum absolute atomic E-state index is 0.694. The van der Waals surface area contributed by atoms with E-state index in [-0.39, 0.29) is 0 Å². The van der Waals surface area contributed by atoms with E-state index in [0.717, 1.165) is 39.2 Å². The Hall–Kier alpha value is -7.88. The van der Waals surface area contributed by atoms with Crippen molar-refractivity contribution in [1.82, 2.24) is 14.5 Å². The molecule has 0 aliphatic carbocycles. The van der Waals surface area contributed by atoms with Crippen molar-refractivity contribution in [2.75, 3.05) is 0 Å². The highest BCUT2D eigenvalue weighted by Gasteiger charge is 2.18. The molecule has 0 fully saturated rings. The fourth-order valence-corrected chi connectivity index (χ4v) is 9.28. The minimum Gasteiger partial charge on any atom is -0.294 e. The quantitative estimate of drug-likeness (QED) is 0.130. The Morgan fingerprint density at radius 2 is 0.864 bits per heavy atom. The molecule has 12 aromatic rings. The van der Waals surface area contributed by atoms with Gasteiger partial charge in [-0.2, -0.15) is 0 Å². The molecule has 274 valence electrons. The molecule has 59 heavy (non-hydrogen) atoms. The smallest absolute Gasteiger partial charge is 0.162 e. The van der Waals surface area contributed by atoms with E-state index in [4.69, 9.17) is 9.97 Å². The summed E-state index contributed by atoms with van der Waals surface area (Å²) in [5.74, 6) is 1.53. The van der Waals surface area contributed by atoms with Crippen molar-refractivity contribution in [1.29, 1.82) is 0 Å². The summed E-state index contributed by atoms with van der Waals surface area (Å²) < 4.78 is 2.27. The second kappa shape index (κ2) is 13.4. The second-order valence-electron chi connectivity index (χ2n) is 15.3. The first kappa shape index (κ1) is 33.3. The minimum atomic E-state index is 0.694. The third kappa shape index (κ3) is 5.36. The molecule has 0 bridgehead atoms. The fourth-order valence-electron chi connectivity index (χ4n) is 9.28. The van der Waals surface area contributed by atoms with Crippen LogP contribution >= 0.6 is 0 Å². The summed E-state index contributed by atoms with van der Waals surface area (Å²) in [6, 6.07) is 76.4. The molecule has 0 atom stereocenters. The third-order valence-electron chi connectivity index (χ3n) is 12.0. The molecule has 3 heteroatoms. The Balaban J connectivity index is 1.01. The molecule has 12 rings (SSSR count). The summed E-state index contributed by atoms with van der Waals surface area (Å²) in [5.41, 5.74) is 10.00. The van der Waals surface area contributed by atoms with Gasteiger partial charge in [0.2, 0.25) is 0 Å². The predicted molar refractivity (Wildman–Crippen MR) is 248 cm³/mol. The van der Waals surface area contributed by atoms with E-state index in [0.29, 0.717) is 5.82 Å². The Bertz CT molecular complexity index is 3550. The van der Waals surface area contributed by atoms with Crippen LogP contribution in [0.4, 0.5) is 0 Å². The predicted octanol–water partition coefficient (Wildman–Crippen LogP) is 14.9. The first-order valence-corrected chi connectivity index (χ1v) is 20.2. The van der Waals surface area contributed by atoms with Gasteiger partial charge in [0.1, 0.15) is 5.82 Å². The number of rotatable bonds is 5. The molecule has 0 amide bonds. The number of fused-ring (bicyclic) bond motifs is 8. The van der Waals surface area contributed by atoms with Crippen LogP contribution in [0.2, 0.25) is 0 Å². The van der Waals surface area contributed by atoms with Crippen LogP contribution < -0.4 is 0 Å². The normalized spacial score (nSPS) is 11.7. The molecule has 0 spiro atoms. The van der Waals surface area contributed by atoms with Gasteiger partial charge >= 0.3 is 0 Å². The lowest BCUT2D eigenvalue weighted by Crippen LogP contribution is -2.02. The van der Waals surface area contributed by atoms with Crippen LogP contribution in [0, 0.1) is 0 Å². The van der Waals surface area contributed by atoms with Crippen molar-refractivity contribution in [2.45, 2.75) is 0 Å². The number of hydrogen-bond donors (Lipinski definition) is 0. The molecule has 3 nitrogen and oxygen atoms in total. The summed E-state index contributed by atoms with van der Waals surface area (Å²) in [7, 11) is 0. The number of hydrogen-bond acceptors (Lipinski definition) is 2. The van der Waals surface area contributed by atoms with Crippen LogP contribution in [-0.4, -0.2) is 14.5 Å². The van der Waals surface area contributed by atoms with Gasteiger partial charge in [-0.15, -0.1) is 0 Å². The highest BCUT2D eigenvalue weighted by atomic mass is 15.1. The fraction of sp³-hybridized carbons (Fsp3) is 0. The summed E-state index contributed by atoms with van der Waals surface area (Å²) in [6.07, 6.45) is 0. The Morgan fingerprint density at radius 1 is 0.305 bits per heavy atom. The zero-order valence-corrected chi connectivity index (χ0v) is 32.0. The number of aromatic nitrogens is 3. The lowest BCUT2D eigenvalue weighted by atomic mass is 9.86. The van der Waals surface area contributed by atoms with Gasteiger partial charge in [0.25, 0.3) is 0 Å². The van der Waals surface area contributed by atoms with Crippen LogP contribution in [0.5, 0.6) is 0 Å². The van der Waals surface area contributed by atoms with Gasteiger partial charge in [-0.3, -0.25) is 4.57 Å². The lowest BCUT2D eigenvalue weighted by molar-refractivity contribution is 1.05. The molecule has 0 saturated carbocycles. The van der Waals surface area contributed by atoms with Gasteiger partial charge in [0, 0.05) is 28.0 Å². The van der Waals surface area contributed by atoms with E-state index in [1.165, 1.54) is 70.6 Å².